The minimum absolute atomic E-state index is 0.0265. The lowest BCUT2D eigenvalue weighted by atomic mass is 9.76. The number of ether oxygens (including phenoxy) is 3. The van der Waals surface area contributed by atoms with Gasteiger partial charge in [-0.05, 0) is 119 Å². The molecule has 7 N–H and O–H groups in total. The largest absolute Gasteiger partial charge is 0.504 e. The number of hydrogen-bond acceptors (Lipinski definition) is 9. The highest BCUT2D eigenvalue weighted by Crippen LogP contribution is 2.45. The van der Waals surface area contributed by atoms with E-state index in [0.29, 0.717) is 68.5 Å². The van der Waals surface area contributed by atoms with Crippen molar-refractivity contribution >= 4 is 17.4 Å². The van der Waals surface area contributed by atoms with Gasteiger partial charge in [0.2, 0.25) is 0 Å². The van der Waals surface area contributed by atoms with Gasteiger partial charge in [0.05, 0.1) is 12.8 Å². The van der Waals surface area contributed by atoms with E-state index in [1.807, 2.05) is 37.4 Å². The van der Waals surface area contributed by atoms with Crippen LogP contribution in [0.25, 0.3) is 0 Å². The standard InChI is InChI=1S/C38H56N4O7/c1-40-26-38(17-13-27(25-38)14-20-48-19-8-18-43)49-33-22-28(21-30(35(33)46)42-36(39)41-2)9-4-5-10-34(45)37(15-6-7-16-37)24-29-11-12-31(44)32(23-29)47-3/h5,10-12,21-23,27,40,43-44,46H,4,6-9,13-20,24-26H2,1-3H3,(H3,39,41,42). The minimum Gasteiger partial charge on any atom is -0.504 e. The molecule has 0 bridgehead atoms. The van der Waals surface area contributed by atoms with E-state index in [9.17, 15) is 15.0 Å². The maximum absolute atomic E-state index is 13.7. The Morgan fingerprint density at radius 3 is 2.59 bits per heavy atom. The molecule has 0 heterocycles. The molecule has 0 spiro atoms. The minimum atomic E-state index is -0.494. The van der Waals surface area contributed by atoms with Gasteiger partial charge in [0.25, 0.3) is 0 Å². The van der Waals surface area contributed by atoms with Crippen molar-refractivity contribution in [3.05, 3.63) is 53.6 Å². The summed E-state index contributed by atoms with van der Waals surface area (Å²) in [5, 5.41) is 36.6. The lowest BCUT2D eigenvalue weighted by Crippen LogP contribution is -2.42. The number of ketones is 1. The highest BCUT2D eigenvalue weighted by atomic mass is 16.5. The first-order valence-corrected chi connectivity index (χ1v) is 17.6. The molecule has 2 fully saturated rings. The normalized spacial score (nSPS) is 20.6. The molecular weight excluding hydrogens is 624 g/mol. The Kier molecular flexibility index (Phi) is 14.2. The number of aryl methyl sites for hydroxylation is 1. The van der Waals surface area contributed by atoms with Crippen LogP contribution in [0.4, 0.5) is 5.69 Å². The van der Waals surface area contributed by atoms with Gasteiger partial charge in [0.1, 0.15) is 5.60 Å². The molecule has 2 saturated carbocycles. The lowest BCUT2D eigenvalue weighted by molar-refractivity contribution is -0.123. The van der Waals surface area contributed by atoms with E-state index < -0.39 is 11.0 Å². The number of nitrogens with one attached hydrogen (secondary N) is 2. The van der Waals surface area contributed by atoms with E-state index in [0.717, 1.165) is 62.5 Å². The fourth-order valence-corrected chi connectivity index (χ4v) is 7.39. The van der Waals surface area contributed by atoms with E-state index in [2.05, 4.69) is 15.6 Å². The molecule has 0 radical (unpaired) electrons. The number of anilines is 1. The van der Waals surface area contributed by atoms with E-state index in [1.165, 1.54) is 7.11 Å². The summed E-state index contributed by atoms with van der Waals surface area (Å²) in [6, 6.07) is 9.04. The third-order valence-electron chi connectivity index (χ3n) is 9.99. The molecule has 49 heavy (non-hydrogen) atoms. The summed E-state index contributed by atoms with van der Waals surface area (Å²) in [6.07, 6.45) is 13.4. The van der Waals surface area contributed by atoms with Gasteiger partial charge in [-0.15, -0.1) is 0 Å². The predicted molar refractivity (Wildman–Crippen MR) is 193 cm³/mol. The number of hydrogen-bond donors (Lipinski definition) is 6. The number of nitrogens with two attached hydrogens (primary N) is 1. The van der Waals surface area contributed by atoms with Crippen LogP contribution in [0.3, 0.4) is 0 Å². The van der Waals surface area contributed by atoms with Crippen LogP contribution < -0.4 is 25.8 Å². The Labute approximate surface area is 290 Å². The zero-order valence-corrected chi connectivity index (χ0v) is 29.4. The first-order valence-electron chi connectivity index (χ1n) is 17.6. The number of guanidine groups is 1. The molecule has 270 valence electrons. The number of aromatic hydroxyl groups is 2. The average molecular weight is 681 g/mol. The molecule has 0 aliphatic heterocycles. The molecule has 2 aromatic rings. The van der Waals surface area contributed by atoms with Crippen LogP contribution in [0, 0.1) is 11.3 Å². The van der Waals surface area contributed by atoms with E-state index in [4.69, 9.17) is 25.1 Å². The van der Waals surface area contributed by atoms with Crippen molar-refractivity contribution in [3.63, 3.8) is 0 Å². The second-order valence-electron chi connectivity index (χ2n) is 13.6. The smallest absolute Gasteiger partial charge is 0.192 e. The van der Waals surface area contributed by atoms with Crippen LogP contribution in [-0.4, -0.2) is 80.2 Å². The molecule has 0 saturated heterocycles. The number of carbonyl (C=O) groups is 1. The van der Waals surface area contributed by atoms with Gasteiger partial charge in [-0.1, -0.05) is 25.0 Å². The van der Waals surface area contributed by atoms with Crippen LogP contribution in [0.5, 0.6) is 23.0 Å². The molecule has 2 aliphatic carbocycles. The SMILES string of the molecule is CN=C(N)Nc1cc(CCC=CC(=O)C2(Cc3ccc(O)c(OC)c3)CCCC2)cc(OC2(CNC)CCC(CCOCCCO)C2)c1O. The van der Waals surface area contributed by atoms with Gasteiger partial charge in [0, 0.05) is 38.8 Å². The van der Waals surface area contributed by atoms with Crippen molar-refractivity contribution in [1.82, 2.24) is 5.32 Å². The van der Waals surface area contributed by atoms with Gasteiger partial charge >= 0.3 is 0 Å². The first kappa shape index (κ1) is 38.0. The highest BCUT2D eigenvalue weighted by molar-refractivity contribution is 5.95. The van der Waals surface area contributed by atoms with Crippen LogP contribution in [-0.2, 0) is 22.4 Å². The topological polar surface area (TPSA) is 168 Å². The molecule has 4 rings (SSSR count). The number of benzene rings is 2. The van der Waals surface area contributed by atoms with Crippen molar-refractivity contribution in [2.75, 3.05) is 52.9 Å². The molecule has 11 nitrogen and oxygen atoms in total. The fraction of sp³-hybridized carbons (Fsp3) is 0.579. The number of phenols is 2. The number of rotatable bonds is 19. The first-order chi connectivity index (χ1) is 23.7. The number of aliphatic imine (C=N–C) groups is 1. The highest BCUT2D eigenvalue weighted by Gasteiger charge is 2.42. The molecule has 2 aliphatic rings. The molecule has 11 heteroatoms. The number of carbonyl (C=O) groups excluding carboxylic acids is 1. The third kappa shape index (κ3) is 10.4. The summed E-state index contributed by atoms with van der Waals surface area (Å²) < 4.78 is 17.7. The Hall–Kier alpha value is -3.80. The zero-order valence-electron chi connectivity index (χ0n) is 29.4. The number of methoxy groups -OCH3 is 1. The molecule has 0 aromatic heterocycles. The fourth-order valence-electron chi connectivity index (χ4n) is 7.39. The van der Waals surface area contributed by atoms with Crippen molar-refractivity contribution < 1.29 is 34.3 Å². The van der Waals surface area contributed by atoms with Crippen LogP contribution in [0.1, 0.15) is 75.3 Å². The van der Waals surface area contributed by atoms with Crippen molar-refractivity contribution in [3.8, 4) is 23.0 Å². The number of aliphatic hydroxyl groups is 1. The molecule has 2 unspecified atom stereocenters. The summed E-state index contributed by atoms with van der Waals surface area (Å²) >= 11 is 0. The van der Waals surface area contributed by atoms with Crippen molar-refractivity contribution in [2.45, 2.75) is 82.7 Å². The quantitative estimate of drug-likeness (QED) is 0.0379. The number of aliphatic hydroxyl groups excluding tert-OH is 1. The second kappa shape index (κ2) is 18.3. The van der Waals surface area contributed by atoms with Crippen LogP contribution in [0.15, 0.2) is 47.5 Å². The molecule has 2 atom stereocenters. The van der Waals surface area contributed by atoms with Gasteiger partial charge in [-0.2, -0.15) is 0 Å². The van der Waals surface area contributed by atoms with Crippen LogP contribution >= 0.6 is 0 Å². The maximum Gasteiger partial charge on any atom is 0.192 e. The Morgan fingerprint density at radius 1 is 1.10 bits per heavy atom. The second-order valence-corrected chi connectivity index (χ2v) is 13.6. The van der Waals surface area contributed by atoms with Gasteiger partial charge < -0.3 is 45.9 Å². The lowest BCUT2D eigenvalue weighted by Gasteiger charge is -2.31. The third-order valence-corrected chi connectivity index (χ3v) is 9.99. The summed E-state index contributed by atoms with van der Waals surface area (Å²) in [5.41, 5.74) is 7.35. The molecule has 0 amide bonds. The summed E-state index contributed by atoms with van der Waals surface area (Å²) in [7, 11) is 5.01. The average Bonchev–Trinajstić information content (AvgIpc) is 3.73. The number of nitrogens with zero attached hydrogens (tertiary/aromatic N) is 1. The zero-order chi connectivity index (χ0) is 35.3. The Morgan fingerprint density at radius 2 is 1.88 bits per heavy atom. The van der Waals surface area contributed by atoms with Crippen molar-refractivity contribution in [1.29, 1.82) is 0 Å². The van der Waals surface area contributed by atoms with E-state index in [1.54, 1.807) is 19.2 Å². The Balaban J connectivity index is 1.47. The maximum atomic E-state index is 13.7. The summed E-state index contributed by atoms with van der Waals surface area (Å²) in [6.45, 7) is 1.96. The number of allylic oxidation sites excluding steroid dienone is 2. The molecule has 2 aromatic carbocycles. The molecular formula is C38H56N4O7. The van der Waals surface area contributed by atoms with E-state index >= 15 is 0 Å². The number of likely N-dealkylation sites (N-methyl/N-ethyl adjacent to an activating group) is 1. The summed E-state index contributed by atoms with van der Waals surface area (Å²) in [5.74, 6) is 1.58. The predicted octanol–water partition coefficient (Wildman–Crippen LogP) is 5.25. The van der Waals surface area contributed by atoms with E-state index in [-0.39, 0.29) is 29.8 Å². The monoisotopic (exact) mass is 680 g/mol. The Bertz CT molecular complexity index is 1440. The van der Waals surface area contributed by atoms with Gasteiger partial charge in [0.15, 0.2) is 34.7 Å². The van der Waals surface area contributed by atoms with Gasteiger partial charge in [-0.3, -0.25) is 9.79 Å². The van der Waals surface area contributed by atoms with Crippen molar-refractivity contribution in [2.24, 2.45) is 22.1 Å². The van der Waals surface area contributed by atoms with Gasteiger partial charge in [-0.25, -0.2) is 0 Å². The number of phenolic OH excluding ortho intramolecular Hbond substituents is 2. The van der Waals surface area contributed by atoms with Crippen LogP contribution in [0.2, 0.25) is 0 Å². The summed E-state index contributed by atoms with van der Waals surface area (Å²) in [4.78, 5) is 17.7.